The van der Waals surface area contributed by atoms with Crippen molar-refractivity contribution in [1.29, 1.82) is 0 Å². The van der Waals surface area contributed by atoms with Crippen molar-refractivity contribution in [3.05, 3.63) is 77.4 Å². The highest BCUT2D eigenvalue weighted by Gasteiger charge is 2.52. The number of fused-ring (bicyclic) bond motifs is 2. The molecule has 1 saturated carbocycles. The number of nitrogens with zero attached hydrogens (tertiary/aromatic N) is 1. The molecule has 1 amide bonds. The third-order valence-corrected chi connectivity index (χ3v) is 6.11. The topological polar surface area (TPSA) is 55.6 Å². The lowest BCUT2D eigenvalue weighted by atomic mass is 9.95. The van der Waals surface area contributed by atoms with Crippen molar-refractivity contribution in [1.82, 2.24) is 4.90 Å². The molecule has 4 heteroatoms. The summed E-state index contributed by atoms with van der Waals surface area (Å²) in [5.74, 6) is 0.796. The van der Waals surface area contributed by atoms with Crippen LogP contribution in [0, 0.1) is 0 Å². The van der Waals surface area contributed by atoms with E-state index in [4.69, 9.17) is 10.5 Å². The fourth-order valence-electron chi connectivity index (χ4n) is 4.58. The maximum atomic E-state index is 13.4. The summed E-state index contributed by atoms with van der Waals surface area (Å²) in [4.78, 5) is 15.3. The summed E-state index contributed by atoms with van der Waals surface area (Å²) in [5.41, 5.74) is 8.81. The summed E-state index contributed by atoms with van der Waals surface area (Å²) in [6.45, 7) is 2.24. The Morgan fingerprint density at radius 2 is 1.93 bits per heavy atom. The van der Waals surface area contributed by atoms with Crippen LogP contribution in [0.25, 0.3) is 10.8 Å². The molecule has 28 heavy (non-hydrogen) atoms. The molecule has 4 nitrogen and oxygen atoms in total. The van der Waals surface area contributed by atoms with Gasteiger partial charge < -0.3 is 15.4 Å². The average Bonchev–Trinajstić information content (AvgIpc) is 3.41. The van der Waals surface area contributed by atoms with Crippen LogP contribution in [0.4, 0.5) is 0 Å². The first kappa shape index (κ1) is 17.3. The second-order valence-electron chi connectivity index (χ2n) is 7.93. The normalized spacial score (nSPS) is 19.1. The minimum absolute atomic E-state index is 0.0288. The highest BCUT2D eigenvalue weighted by Crippen LogP contribution is 2.53. The molecule has 2 N–H and O–H groups in total. The zero-order valence-electron chi connectivity index (χ0n) is 16.0. The van der Waals surface area contributed by atoms with Crippen LogP contribution in [0.2, 0.25) is 0 Å². The predicted octanol–water partition coefficient (Wildman–Crippen LogP) is 4.21. The molecule has 1 unspecified atom stereocenters. The van der Waals surface area contributed by atoms with Crippen molar-refractivity contribution < 1.29 is 9.53 Å². The van der Waals surface area contributed by atoms with Gasteiger partial charge in [0.15, 0.2) is 0 Å². The van der Waals surface area contributed by atoms with E-state index in [1.165, 1.54) is 21.9 Å². The quantitative estimate of drug-likeness (QED) is 0.698. The number of hydrogen-bond donors (Lipinski definition) is 1. The van der Waals surface area contributed by atoms with Gasteiger partial charge in [-0.2, -0.15) is 0 Å². The summed E-state index contributed by atoms with van der Waals surface area (Å²) in [7, 11) is 0. The maximum Gasteiger partial charge on any atom is 0.255 e. The molecule has 1 heterocycles. The van der Waals surface area contributed by atoms with Gasteiger partial charge >= 0.3 is 0 Å². The van der Waals surface area contributed by atoms with Crippen LogP contribution >= 0.6 is 0 Å². The van der Waals surface area contributed by atoms with Gasteiger partial charge in [-0.3, -0.25) is 4.79 Å². The molecule has 0 aromatic heterocycles. The van der Waals surface area contributed by atoms with Crippen LogP contribution in [0.5, 0.6) is 5.75 Å². The van der Waals surface area contributed by atoms with Gasteiger partial charge in [-0.15, -0.1) is 0 Å². The minimum atomic E-state index is -0.320. The lowest BCUT2D eigenvalue weighted by molar-refractivity contribution is 0.0651. The smallest absolute Gasteiger partial charge is 0.255 e. The molecule has 1 atom stereocenters. The predicted molar refractivity (Wildman–Crippen MR) is 110 cm³/mol. The minimum Gasteiger partial charge on any atom is -0.490 e. The summed E-state index contributed by atoms with van der Waals surface area (Å²) < 4.78 is 5.85. The van der Waals surface area contributed by atoms with Gasteiger partial charge in [0.05, 0.1) is 12.2 Å². The number of amides is 1. The van der Waals surface area contributed by atoms with Gasteiger partial charge in [-0.05, 0) is 53.8 Å². The molecule has 1 aliphatic carbocycles. The third kappa shape index (κ3) is 2.60. The molecule has 142 valence electrons. The Balaban J connectivity index is 1.54. The van der Waals surface area contributed by atoms with Gasteiger partial charge in [0.2, 0.25) is 0 Å². The molecule has 5 rings (SSSR count). The van der Waals surface area contributed by atoms with Crippen LogP contribution < -0.4 is 10.5 Å². The summed E-state index contributed by atoms with van der Waals surface area (Å²) in [6, 6.07) is 20.5. The average molecular weight is 372 g/mol. The molecule has 2 aliphatic rings. The number of ether oxygens (including phenoxy) is 1. The van der Waals surface area contributed by atoms with Gasteiger partial charge in [0.1, 0.15) is 11.9 Å². The van der Waals surface area contributed by atoms with Gasteiger partial charge in [0, 0.05) is 12.0 Å². The molecule has 1 fully saturated rings. The number of hydrogen-bond acceptors (Lipinski definition) is 3. The summed E-state index contributed by atoms with van der Waals surface area (Å²) in [5, 5.41) is 2.38. The van der Waals surface area contributed by atoms with E-state index in [-0.39, 0.29) is 24.2 Å². The Morgan fingerprint density at radius 3 is 2.71 bits per heavy atom. The van der Waals surface area contributed by atoms with E-state index < -0.39 is 0 Å². The summed E-state index contributed by atoms with van der Waals surface area (Å²) in [6.07, 6.45) is 2.92. The highest BCUT2D eigenvalue weighted by molar-refractivity contribution is 5.96. The maximum absolute atomic E-state index is 13.4. The molecule has 0 bridgehead atoms. The zero-order chi connectivity index (χ0) is 19.3. The van der Waals surface area contributed by atoms with Crippen molar-refractivity contribution in [2.24, 2.45) is 5.73 Å². The highest BCUT2D eigenvalue weighted by atomic mass is 16.5. The lowest BCUT2D eigenvalue weighted by Gasteiger charge is -2.32. The van der Waals surface area contributed by atoms with E-state index in [0.717, 1.165) is 25.0 Å². The van der Waals surface area contributed by atoms with E-state index in [1.807, 2.05) is 36.1 Å². The van der Waals surface area contributed by atoms with Crippen LogP contribution in [0.15, 0.2) is 60.7 Å². The van der Waals surface area contributed by atoms with Crippen LogP contribution in [0.3, 0.4) is 0 Å². The van der Waals surface area contributed by atoms with Crippen molar-refractivity contribution in [2.45, 2.75) is 37.8 Å². The number of nitrogens with two attached hydrogens (primary N) is 1. The fraction of sp³-hybridized carbons (Fsp3) is 0.292. The van der Waals surface area contributed by atoms with Gasteiger partial charge in [-0.25, -0.2) is 0 Å². The van der Waals surface area contributed by atoms with Crippen molar-refractivity contribution in [2.75, 3.05) is 6.67 Å². The Morgan fingerprint density at radius 1 is 1.14 bits per heavy atom. The van der Waals surface area contributed by atoms with Crippen LogP contribution in [-0.4, -0.2) is 23.6 Å². The largest absolute Gasteiger partial charge is 0.490 e. The molecule has 0 saturated heterocycles. The number of rotatable bonds is 4. The number of carbonyl (C=O) groups is 1. The van der Waals surface area contributed by atoms with Crippen LogP contribution in [0.1, 0.15) is 41.3 Å². The third-order valence-electron chi connectivity index (χ3n) is 6.11. The van der Waals surface area contributed by atoms with Gasteiger partial charge in [0.25, 0.3) is 5.91 Å². The van der Waals surface area contributed by atoms with Crippen molar-refractivity contribution >= 4 is 16.7 Å². The first-order chi connectivity index (χ1) is 13.6. The number of carbonyl (C=O) groups excluding carboxylic acids is 1. The molecular weight excluding hydrogens is 348 g/mol. The Hall–Kier alpha value is -2.85. The van der Waals surface area contributed by atoms with E-state index in [0.29, 0.717) is 5.56 Å². The Bertz CT molecular complexity index is 1070. The first-order valence-corrected chi connectivity index (χ1v) is 9.92. The second kappa shape index (κ2) is 6.35. The molecule has 0 radical (unpaired) electrons. The monoisotopic (exact) mass is 372 g/mol. The van der Waals surface area contributed by atoms with E-state index in [9.17, 15) is 4.79 Å². The standard InChI is InChI=1S/C24H24N2O2/c1-16-13-18-9-10-19(14-22(18)28-16)23(27)26(15-25)24(11-12-24)21-8-4-6-17-5-2-3-7-20(17)21/h2-10,14,16H,11-13,15,25H2,1H3. The Labute approximate surface area is 164 Å². The molecule has 0 spiro atoms. The first-order valence-electron chi connectivity index (χ1n) is 9.92. The van der Waals surface area contributed by atoms with Crippen molar-refractivity contribution in [3.8, 4) is 5.75 Å². The lowest BCUT2D eigenvalue weighted by Crippen LogP contribution is -2.44. The molecular formula is C24H24N2O2. The SMILES string of the molecule is CC1Cc2ccc(C(=O)N(CN)C3(c4cccc5ccccc45)CC3)cc2O1. The molecule has 3 aromatic rings. The van der Waals surface area contributed by atoms with Gasteiger partial charge in [-0.1, -0.05) is 48.5 Å². The van der Waals surface area contributed by atoms with E-state index >= 15 is 0 Å². The van der Waals surface area contributed by atoms with E-state index in [1.54, 1.807) is 0 Å². The number of benzene rings is 3. The summed E-state index contributed by atoms with van der Waals surface area (Å²) >= 11 is 0. The molecule has 1 aliphatic heterocycles. The second-order valence-corrected chi connectivity index (χ2v) is 7.93. The Kier molecular flexibility index (Phi) is 3.91. The fourth-order valence-corrected chi connectivity index (χ4v) is 4.58. The van der Waals surface area contributed by atoms with Crippen molar-refractivity contribution in [3.63, 3.8) is 0 Å². The van der Waals surface area contributed by atoms with Crippen LogP contribution in [-0.2, 0) is 12.0 Å². The zero-order valence-corrected chi connectivity index (χ0v) is 16.0. The van der Waals surface area contributed by atoms with E-state index in [2.05, 4.69) is 36.4 Å². The molecule has 3 aromatic carbocycles.